The lowest BCUT2D eigenvalue weighted by molar-refractivity contribution is 0.241. The number of nitrogens with zero attached hydrogens (tertiary/aromatic N) is 3. The van der Waals surface area contributed by atoms with Crippen LogP contribution in [0, 0.1) is 0 Å². The van der Waals surface area contributed by atoms with Crippen LogP contribution in [0.5, 0.6) is 5.75 Å². The molecule has 7 heteroatoms. The molecule has 0 amide bonds. The molecule has 0 saturated heterocycles. The summed E-state index contributed by atoms with van der Waals surface area (Å²) in [7, 11) is 0. The minimum Gasteiger partial charge on any atom is -0.494 e. The van der Waals surface area contributed by atoms with Crippen LogP contribution in [-0.4, -0.2) is 33.0 Å². The number of pyridine rings is 1. The number of rotatable bonds is 6. The maximum Gasteiger partial charge on any atom is 0.255 e. The van der Waals surface area contributed by atoms with Crippen molar-refractivity contribution in [2.24, 2.45) is 0 Å². The summed E-state index contributed by atoms with van der Waals surface area (Å²) in [5.74, 6) is 1.52. The van der Waals surface area contributed by atoms with Gasteiger partial charge in [-0.1, -0.05) is 24.3 Å². The Labute approximate surface area is 190 Å². The lowest BCUT2D eigenvalue weighted by Gasteiger charge is -2.27. The van der Waals surface area contributed by atoms with Crippen molar-refractivity contribution < 1.29 is 4.74 Å². The zero-order valence-corrected chi connectivity index (χ0v) is 18.7. The summed E-state index contributed by atoms with van der Waals surface area (Å²) in [6.07, 6.45) is 2.69. The van der Waals surface area contributed by atoms with Gasteiger partial charge in [0, 0.05) is 37.8 Å². The molecular formula is C25H24N4O2S. The molecule has 6 nitrogen and oxygen atoms in total. The average Bonchev–Trinajstić information content (AvgIpc) is 3.35. The molecule has 0 bridgehead atoms. The van der Waals surface area contributed by atoms with Gasteiger partial charge in [0.15, 0.2) is 5.82 Å². The zero-order valence-electron chi connectivity index (χ0n) is 17.9. The van der Waals surface area contributed by atoms with Crippen molar-refractivity contribution >= 4 is 11.3 Å². The first-order valence-corrected chi connectivity index (χ1v) is 11.6. The molecule has 1 aromatic carbocycles. The molecule has 32 heavy (non-hydrogen) atoms. The van der Waals surface area contributed by atoms with Crippen molar-refractivity contribution in [3.63, 3.8) is 0 Å². The van der Waals surface area contributed by atoms with Crippen LogP contribution in [0.25, 0.3) is 22.0 Å². The number of aromatic nitrogens is 3. The van der Waals surface area contributed by atoms with Crippen LogP contribution in [0.4, 0.5) is 0 Å². The van der Waals surface area contributed by atoms with E-state index in [0.29, 0.717) is 19.0 Å². The maximum absolute atomic E-state index is 12.7. The minimum absolute atomic E-state index is 0.0363. The van der Waals surface area contributed by atoms with Gasteiger partial charge in [-0.25, -0.2) is 4.98 Å². The fourth-order valence-corrected chi connectivity index (χ4v) is 4.67. The maximum atomic E-state index is 12.7. The molecule has 0 saturated carbocycles. The van der Waals surface area contributed by atoms with Gasteiger partial charge < -0.3 is 9.72 Å². The first kappa shape index (κ1) is 20.6. The van der Waals surface area contributed by atoms with Gasteiger partial charge in [-0.05, 0) is 42.1 Å². The minimum atomic E-state index is -0.0363. The highest BCUT2D eigenvalue weighted by Gasteiger charge is 2.22. The fraction of sp³-hybridized carbons (Fsp3) is 0.240. The Hall–Kier alpha value is -3.29. The molecule has 1 aliphatic rings. The van der Waals surface area contributed by atoms with Gasteiger partial charge in [0.05, 0.1) is 28.4 Å². The summed E-state index contributed by atoms with van der Waals surface area (Å²) in [6.45, 7) is 4.83. The van der Waals surface area contributed by atoms with E-state index >= 15 is 0 Å². The lowest BCUT2D eigenvalue weighted by Crippen LogP contribution is -2.35. The van der Waals surface area contributed by atoms with Crippen LogP contribution in [0.2, 0.25) is 0 Å². The number of ether oxygens (including phenoxy) is 1. The van der Waals surface area contributed by atoms with Gasteiger partial charge in [-0.2, -0.15) is 0 Å². The molecule has 1 N–H and O–H groups in total. The van der Waals surface area contributed by atoms with Crippen molar-refractivity contribution in [2.75, 3.05) is 13.2 Å². The number of aromatic amines is 1. The SMILES string of the molecule is CCOc1cccc(-c2ccc(CN3CCc4nc(-c5cccs5)[nH]c(=O)c4C3)cn2)c1. The molecule has 0 radical (unpaired) electrons. The van der Waals surface area contributed by atoms with Crippen molar-refractivity contribution in [1.29, 1.82) is 0 Å². The third-order valence-corrected chi connectivity index (χ3v) is 6.45. The summed E-state index contributed by atoms with van der Waals surface area (Å²) in [5.41, 5.74) is 4.73. The highest BCUT2D eigenvalue weighted by Crippen LogP contribution is 2.25. The zero-order chi connectivity index (χ0) is 21.9. The highest BCUT2D eigenvalue weighted by atomic mass is 32.1. The van der Waals surface area contributed by atoms with E-state index in [1.807, 2.05) is 61.0 Å². The molecule has 162 valence electrons. The lowest BCUT2D eigenvalue weighted by atomic mass is 10.1. The quantitative estimate of drug-likeness (QED) is 0.474. The standard InChI is InChI=1S/C25H24N4O2S/c1-2-31-19-6-3-5-18(13-19)21-9-8-17(14-26-21)15-29-11-10-22-20(16-29)25(30)28-24(27-22)23-7-4-12-32-23/h3-9,12-14H,2,10-11,15-16H2,1H3,(H,27,28,30). The van der Waals surface area contributed by atoms with Crippen molar-refractivity contribution in [1.82, 2.24) is 19.9 Å². The molecule has 1 aliphatic heterocycles. The monoisotopic (exact) mass is 444 g/mol. The number of thiophene rings is 1. The van der Waals surface area contributed by atoms with E-state index in [9.17, 15) is 4.79 Å². The molecule has 4 aromatic rings. The Morgan fingerprint density at radius 2 is 2.12 bits per heavy atom. The Bertz CT molecular complexity index is 1270. The second-order valence-corrected chi connectivity index (χ2v) is 8.74. The number of fused-ring (bicyclic) bond motifs is 1. The van der Waals surface area contributed by atoms with E-state index in [2.05, 4.69) is 20.9 Å². The number of H-pyrrole nitrogens is 1. The Morgan fingerprint density at radius 1 is 1.19 bits per heavy atom. The normalized spacial score (nSPS) is 13.7. The van der Waals surface area contributed by atoms with Crippen LogP contribution < -0.4 is 10.3 Å². The van der Waals surface area contributed by atoms with Crippen molar-refractivity contribution in [3.05, 3.63) is 87.3 Å². The number of nitrogens with one attached hydrogen (secondary N) is 1. The predicted molar refractivity (Wildman–Crippen MR) is 127 cm³/mol. The van der Waals surface area contributed by atoms with Gasteiger partial charge in [0.1, 0.15) is 5.75 Å². The first-order chi connectivity index (χ1) is 15.7. The Balaban J connectivity index is 1.29. The molecule has 3 aromatic heterocycles. The second kappa shape index (κ2) is 9.06. The topological polar surface area (TPSA) is 71.1 Å². The fourth-order valence-electron chi connectivity index (χ4n) is 4.00. The Kier molecular flexibility index (Phi) is 5.83. The van der Waals surface area contributed by atoms with Gasteiger partial charge in [0.25, 0.3) is 5.56 Å². The van der Waals surface area contributed by atoms with Crippen LogP contribution in [0.1, 0.15) is 23.7 Å². The summed E-state index contributed by atoms with van der Waals surface area (Å²) in [4.78, 5) is 28.3. The molecule has 0 unspecified atom stereocenters. The average molecular weight is 445 g/mol. The van der Waals surface area contributed by atoms with E-state index in [1.54, 1.807) is 11.3 Å². The third kappa shape index (κ3) is 4.35. The van der Waals surface area contributed by atoms with E-state index in [0.717, 1.165) is 58.2 Å². The van der Waals surface area contributed by atoms with Crippen LogP contribution in [0.3, 0.4) is 0 Å². The number of hydrogen-bond acceptors (Lipinski definition) is 6. The summed E-state index contributed by atoms with van der Waals surface area (Å²) < 4.78 is 5.59. The van der Waals surface area contributed by atoms with E-state index in [-0.39, 0.29) is 5.56 Å². The van der Waals surface area contributed by atoms with Gasteiger partial charge in [-0.15, -0.1) is 11.3 Å². The van der Waals surface area contributed by atoms with E-state index in [4.69, 9.17) is 9.72 Å². The molecule has 0 fully saturated rings. The second-order valence-electron chi connectivity index (χ2n) is 7.79. The Morgan fingerprint density at radius 3 is 2.91 bits per heavy atom. The van der Waals surface area contributed by atoms with Gasteiger partial charge >= 0.3 is 0 Å². The van der Waals surface area contributed by atoms with Crippen LogP contribution in [-0.2, 0) is 19.5 Å². The summed E-state index contributed by atoms with van der Waals surface area (Å²) >= 11 is 1.58. The third-order valence-electron chi connectivity index (χ3n) is 5.57. The molecule has 4 heterocycles. The predicted octanol–water partition coefficient (Wildman–Crippen LogP) is 4.52. The smallest absolute Gasteiger partial charge is 0.255 e. The van der Waals surface area contributed by atoms with Crippen molar-refractivity contribution in [3.8, 4) is 27.7 Å². The largest absolute Gasteiger partial charge is 0.494 e. The number of hydrogen-bond donors (Lipinski definition) is 1. The van der Waals surface area contributed by atoms with Crippen LogP contribution in [0.15, 0.2) is 64.9 Å². The first-order valence-electron chi connectivity index (χ1n) is 10.8. The van der Waals surface area contributed by atoms with Crippen molar-refractivity contribution in [2.45, 2.75) is 26.4 Å². The molecular weight excluding hydrogens is 420 g/mol. The van der Waals surface area contributed by atoms with Crippen LogP contribution >= 0.6 is 11.3 Å². The summed E-state index contributed by atoms with van der Waals surface area (Å²) in [6, 6.07) is 16.1. The molecule has 0 aliphatic carbocycles. The summed E-state index contributed by atoms with van der Waals surface area (Å²) in [5, 5.41) is 1.99. The van der Waals surface area contributed by atoms with E-state index in [1.165, 1.54) is 0 Å². The molecule has 0 spiro atoms. The van der Waals surface area contributed by atoms with Gasteiger partial charge in [-0.3, -0.25) is 14.7 Å². The molecule has 0 atom stereocenters. The van der Waals surface area contributed by atoms with E-state index < -0.39 is 0 Å². The van der Waals surface area contributed by atoms with Gasteiger partial charge in [0.2, 0.25) is 0 Å². The molecule has 5 rings (SSSR count). The number of benzene rings is 1. The highest BCUT2D eigenvalue weighted by molar-refractivity contribution is 7.13.